The molecule has 0 rings (SSSR count). The summed E-state index contributed by atoms with van der Waals surface area (Å²) in [6, 6.07) is 0. The molecule has 6 nitrogen and oxygen atoms in total. The summed E-state index contributed by atoms with van der Waals surface area (Å²) in [5.74, 6) is -0.916. The summed E-state index contributed by atoms with van der Waals surface area (Å²) in [6.45, 7) is 6.52. The Hall–Kier alpha value is -2.63. The van der Waals surface area contributed by atoms with Gasteiger partial charge in [-0.2, -0.15) is 0 Å². The minimum absolute atomic E-state index is 0.0853. The zero-order chi connectivity index (χ0) is 41.5. The third kappa shape index (κ3) is 44.3. The fourth-order valence-electron chi connectivity index (χ4n) is 6.55. The molecule has 57 heavy (non-hydrogen) atoms. The van der Waals surface area contributed by atoms with Crippen molar-refractivity contribution < 1.29 is 28.6 Å². The average molecular weight is 799 g/mol. The molecule has 0 unspecified atom stereocenters. The monoisotopic (exact) mass is 799 g/mol. The summed E-state index contributed by atoms with van der Waals surface area (Å²) < 4.78 is 16.7. The van der Waals surface area contributed by atoms with Crippen LogP contribution in [0.15, 0.2) is 48.6 Å². The van der Waals surface area contributed by atoms with Crippen molar-refractivity contribution in [3.8, 4) is 0 Å². The predicted octanol–water partition coefficient (Wildman–Crippen LogP) is 15.5. The van der Waals surface area contributed by atoms with Crippen molar-refractivity contribution >= 4 is 17.9 Å². The Kier molecular flexibility index (Phi) is 43.9. The van der Waals surface area contributed by atoms with Gasteiger partial charge in [-0.25, -0.2) is 0 Å². The zero-order valence-electron chi connectivity index (χ0n) is 37.6. The Balaban J connectivity index is 4.41. The second-order valence-corrected chi connectivity index (χ2v) is 16.0. The van der Waals surface area contributed by atoms with Gasteiger partial charge in [0.15, 0.2) is 6.10 Å². The van der Waals surface area contributed by atoms with E-state index < -0.39 is 6.10 Å². The SMILES string of the molecule is CCCC/C=C\C/C=C\CCCCCCCC(=O)OC[C@@H](COC(=O)CCCCCCC/C=C\CCCC)OC(=O)CCCCCCC/C=C\CCCCCCC. The Bertz CT molecular complexity index is 1010. The van der Waals surface area contributed by atoms with Crippen LogP contribution in [-0.2, 0) is 28.6 Å². The summed E-state index contributed by atoms with van der Waals surface area (Å²) in [5.41, 5.74) is 0. The third-order valence-electron chi connectivity index (χ3n) is 10.3. The number of carbonyl (C=O) groups excluding carboxylic acids is 3. The van der Waals surface area contributed by atoms with Crippen molar-refractivity contribution in [1.29, 1.82) is 0 Å². The topological polar surface area (TPSA) is 78.9 Å². The van der Waals surface area contributed by atoms with Crippen molar-refractivity contribution in [2.45, 2.75) is 245 Å². The minimum Gasteiger partial charge on any atom is -0.462 e. The quantitative estimate of drug-likeness (QED) is 0.0265. The van der Waals surface area contributed by atoms with Gasteiger partial charge in [0.1, 0.15) is 13.2 Å². The van der Waals surface area contributed by atoms with Gasteiger partial charge in [-0.15, -0.1) is 0 Å². The standard InChI is InChI=1S/C51H90O6/c1-4-7-10-13-16-19-22-24-26-29-32-35-38-41-44-50(53)56-47-48(46-55-49(52)43-40-37-34-31-28-21-18-15-12-9-6-3)57-51(54)45-42-39-36-33-30-27-25-23-20-17-14-11-8-5-2/h13,15-16,18,22-25,48H,4-12,14,17,19-21,26-47H2,1-3H3/b16-13-,18-15-,24-22-,25-23-/t48-/m1/s1. The van der Waals surface area contributed by atoms with E-state index in [1.54, 1.807) is 0 Å². The molecule has 0 radical (unpaired) electrons. The van der Waals surface area contributed by atoms with Crippen molar-refractivity contribution in [3.05, 3.63) is 48.6 Å². The van der Waals surface area contributed by atoms with Crippen LogP contribution in [0.3, 0.4) is 0 Å². The van der Waals surface area contributed by atoms with Crippen molar-refractivity contribution in [3.63, 3.8) is 0 Å². The molecule has 330 valence electrons. The van der Waals surface area contributed by atoms with Gasteiger partial charge in [-0.05, 0) is 89.9 Å². The lowest BCUT2D eigenvalue weighted by Crippen LogP contribution is -2.30. The molecule has 0 aliphatic carbocycles. The molecule has 0 aliphatic rings. The van der Waals surface area contributed by atoms with E-state index in [9.17, 15) is 14.4 Å². The molecule has 0 fully saturated rings. The van der Waals surface area contributed by atoms with Gasteiger partial charge in [-0.3, -0.25) is 14.4 Å². The molecule has 0 saturated carbocycles. The lowest BCUT2D eigenvalue weighted by atomic mass is 10.1. The number of allylic oxidation sites excluding steroid dienone is 8. The van der Waals surface area contributed by atoms with Crippen LogP contribution in [0, 0.1) is 0 Å². The van der Waals surface area contributed by atoms with Crippen LogP contribution in [0.1, 0.15) is 239 Å². The van der Waals surface area contributed by atoms with E-state index in [1.165, 1.54) is 103 Å². The van der Waals surface area contributed by atoms with E-state index in [-0.39, 0.29) is 31.1 Å². The first-order valence-electron chi connectivity index (χ1n) is 24.1. The van der Waals surface area contributed by atoms with Crippen LogP contribution in [-0.4, -0.2) is 37.2 Å². The molecule has 0 spiro atoms. The highest BCUT2D eigenvalue weighted by Gasteiger charge is 2.19. The maximum absolute atomic E-state index is 12.7. The second-order valence-electron chi connectivity index (χ2n) is 16.0. The molecule has 0 aromatic carbocycles. The summed E-state index contributed by atoms with van der Waals surface area (Å²) in [6.07, 6.45) is 53.7. The van der Waals surface area contributed by atoms with Gasteiger partial charge in [0, 0.05) is 19.3 Å². The molecule has 0 amide bonds. The molecule has 0 aliphatic heterocycles. The maximum atomic E-state index is 12.7. The maximum Gasteiger partial charge on any atom is 0.306 e. The zero-order valence-corrected chi connectivity index (χ0v) is 37.6. The van der Waals surface area contributed by atoms with E-state index in [0.29, 0.717) is 19.3 Å². The molecule has 0 heterocycles. The molecule has 0 N–H and O–H groups in total. The Morgan fingerprint density at radius 3 is 1.04 bits per heavy atom. The van der Waals surface area contributed by atoms with E-state index in [2.05, 4.69) is 69.4 Å². The smallest absolute Gasteiger partial charge is 0.306 e. The van der Waals surface area contributed by atoms with Gasteiger partial charge in [0.2, 0.25) is 0 Å². The normalized spacial score (nSPS) is 12.4. The highest BCUT2D eigenvalue weighted by atomic mass is 16.6. The van der Waals surface area contributed by atoms with Crippen molar-refractivity contribution in [2.75, 3.05) is 13.2 Å². The highest BCUT2D eigenvalue weighted by molar-refractivity contribution is 5.71. The molecule has 1 atom stereocenters. The van der Waals surface area contributed by atoms with Gasteiger partial charge >= 0.3 is 17.9 Å². The third-order valence-corrected chi connectivity index (χ3v) is 10.3. The van der Waals surface area contributed by atoms with Gasteiger partial charge < -0.3 is 14.2 Å². The Labute approximate surface area is 352 Å². The van der Waals surface area contributed by atoms with Crippen LogP contribution >= 0.6 is 0 Å². The van der Waals surface area contributed by atoms with Crippen LogP contribution in [0.4, 0.5) is 0 Å². The highest BCUT2D eigenvalue weighted by Crippen LogP contribution is 2.13. The lowest BCUT2D eigenvalue weighted by Gasteiger charge is -2.18. The molecule has 0 saturated heterocycles. The molecule has 0 aromatic heterocycles. The summed E-state index contributed by atoms with van der Waals surface area (Å²) in [5, 5.41) is 0. The molecule has 0 bridgehead atoms. The Morgan fingerprint density at radius 1 is 0.351 bits per heavy atom. The largest absolute Gasteiger partial charge is 0.462 e. The Morgan fingerprint density at radius 2 is 0.649 bits per heavy atom. The lowest BCUT2D eigenvalue weighted by molar-refractivity contribution is -0.167. The summed E-state index contributed by atoms with van der Waals surface area (Å²) >= 11 is 0. The minimum atomic E-state index is -0.783. The predicted molar refractivity (Wildman–Crippen MR) is 242 cm³/mol. The van der Waals surface area contributed by atoms with Crippen LogP contribution < -0.4 is 0 Å². The van der Waals surface area contributed by atoms with Crippen LogP contribution in [0.5, 0.6) is 0 Å². The second kappa shape index (κ2) is 46.1. The number of rotatable bonds is 43. The van der Waals surface area contributed by atoms with E-state index in [4.69, 9.17) is 14.2 Å². The fraction of sp³-hybridized carbons (Fsp3) is 0.784. The number of carbonyl (C=O) groups is 3. The molecular formula is C51H90O6. The van der Waals surface area contributed by atoms with Gasteiger partial charge in [-0.1, -0.05) is 179 Å². The van der Waals surface area contributed by atoms with E-state index in [0.717, 1.165) is 96.3 Å². The first-order valence-corrected chi connectivity index (χ1v) is 24.1. The van der Waals surface area contributed by atoms with E-state index >= 15 is 0 Å². The number of hydrogen-bond acceptors (Lipinski definition) is 6. The average Bonchev–Trinajstić information content (AvgIpc) is 3.21. The van der Waals surface area contributed by atoms with Crippen LogP contribution in [0.25, 0.3) is 0 Å². The first-order chi connectivity index (χ1) is 28.0. The number of hydrogen-bond donors (Lipinski definition) is 0. The number of ether oxygens (including phenoxy) is 3. The van der Waals surface area contributed by atoms with Crippen molar-refractivity contribution in [1.82, 2.24) is 0 Å². The number of unbranched alkanes of at least 4 members (excludes halogenated alkanes) is 24. The fourth-order valence-corrected chi connectivity index (χ4v) is 6.55. The number of esters is 3. The first kappa shape index (κ1) is 54.4. The van der Waals surface area contributed by atoms with Gasteiger partial charge in [0.05, 0.1) is 0 Å². The molecule has 6 heteroatoms. The molecular weight excluding hydrogens is 709 g/mol. The van der Waals surface area contributed by atoms with E-state index in [1.807, 2.05) is 0 Å². The summed E-state index contributed by atoms with van der Waals surface area (Å²) in [4.78, 5) is 37.8. The summed E-state index contributed by atoms with van der Waals surface area (Å²) in [7, 11) is 0. The van der Waals surface area contributed by atoms with Crippen molar-refractivity contribution in [2.24, 2.45) is 0 Å². The van der Waals surface area contributed by atoms with Crippen LogP contribution in [0.2, 0.25) is 0 Å². The van der Waals surface area contributed by atoms with Gasteiger partial charge in [0.25, 0.3) is 0 Å². The molecule has 0 aromatic rings.